The molecule has 1 saturated heterocycles. The van der Waals surface area contributed by atoms with E-state index in [1.807, 2.05) is 62.1 Å². The number of nitrogens with zero attached hydrogens (tertiary/aromatic N) is 1. The minimum Gasteiger partial charge on any atom is -0.491 e. The van der Waals surface area contributed by atoms with E-state index in [1.165, 1.54) is 0 Å². The van der Waals surface area contributed by atoms with Crippen molar-refractivity contribution in [2.24, 2.45) is 5.92 Å². The first-order valence-corrected chi connectivity index (χ1v) is 16.2. The van der Waals surface area contributed by atoms with Crippen LogP contribution in [0.1, 0.15) is 73.0 Å². The fraction of sp³-hybridized carbons (Fsp3) is 0.459. The molecule has 3 aromatic carbocycles. The second kappa shape index (κ2) is 14.6. The van der Waals surface area contributed by atoms with Gasteiger partial charge in [-0.05, 0) is 86.6 Å². The number of ether oxygens (including phenoxy) is 4. The van der Waals surface area contributed by atoms with E-state index in [0.717, 1.165) is 51.9 Å². The highest BCUT2D eigenvalue weighted by Gasteiger charge is 2.48. The topological polar surface area (TPSA) is 107 Å². The lowest BCUT2D eigenvalue weighted by Crippen LogP contribution is -2.35. The highest BCUT2D eigenvalue weighted by atomic mass is 16.7. The van der Waals surface area contributed by atoms with Gasteiger partial charge in [-0.15, -0.1) is 0 Å². The highest BCUT2D eigenvalue weighted by molar-refractivity contribution is 5.94. The van der Waals surface area contributed by atoms with Crippen molar-refractivity contribution in [3.05, 3.63) is 81.9 Å². The van der Waals surface area contributed by atoms with Gasteiger partial charge in [0.1, 0.15) is 12.4 Å². The van der Waals surface area contributed by atoms with Crippen molar-refractivity contribution in [2.75, 3.05) is 38.4 Å². The van der Waals surface area contributed by atoms with Crippen molar-refractivity contribution in [2.45, 2.75) is 72.4 Å². The Morgan fingerprint density at radius 1 is 1.00 bits per heavy atom. The Labute approximate surface area is 271 Å². The summed E-state index contributed by atoms with van der Waals surface area (Å²) in [6.07, 6.45) is 1.71. The summed E-state index contributed by atoms with van der Waals surface area (Å²) in [4.78, 5) is 28.9. The van der Waals surface area contributed by atoms with Gasteiger partial charge in [-0.1, -0.05) is 49.7 Å². The quantitative estimate of drug-likeness (QED) is 0.208. The zero-order valence-electron chi connectivity index (χ0n) is 27.7. The van der Waals surface area contributed by atoms with E-state index in [1.54, 1.807) is 0 Å². The minimum absolute atomic E-state index is 0.0412. The lowest BCUT2D eigenvalue weighted by atomic mass is 9.81. The lowest BCUT2D eigenvalue weighted by molar-refractivity contribution is -0.143. The van der Waals surface area contributed by atoms with Gasteiger partial charge in [-0.3, -0.25) is 14.5 Å². The average molecular weight is 631 g/mol. The number of rotatable bonds is 13. The Kier molecular flexibility index (Phi) is 10.5. The molecule has 1 fully saturated rings. The van der Waals surface area contributed by atoms with Gasteiger partial charge in [0, 0.05) is 24.2 Å². The minimum atomic E-state index is -0.916. The highest BCUT2D eigenvalue weighted by Crippen LogP contribution is 2.49. The number of carbonyl (C=O) groups is 2. The average Bonchev–Trinajstić information content (AvgIpc) is 3.66. The Hall–Kier alpha value is -4.08. The first-order chi connectivity index (χ1) is 22.1. The molecule has 0 aromatic heterocycles. The van der Waals surface area contributed by atoms with Gasteiger partial charge in [0.2, 0.25) is 12.7 Å². The molecule has 2 aliphatic heterocycles. The van der Waals surface area contributed by atoms with E-state index in [2.05, 4.69) is 38.2 Å². The number of carbonyl (C=O) groups excluding carboxylic acids is 1. The maximum atomic E-state index is 13.8. The Balaban J connectivity index is 1.46. The van der Waals surface area contributed by atoms with Crippen LogP contribution in [-0.2, 0) is 27.2 Å². The first-order valence-electron chi connectivity index (χ1n) is 16.2. The standard InChI is InChI=1S/C37H46N2O7/c1-7-25-17-23(5)18-26(8-2)34(25)38-32(40)20-39-19-30(29-13-14-31-36(24(29)6)46-21-45-31)33(37(41)42)35(39)27-9-11-28(12-10-27)44-16-15-43-22(3)4/h9-14,17-18,22,30,33,35H,7-8,15-16,19-21H2,1-6H3,(H,38,40)(H,41,42)/t30-,33?,35+/m1/s1. The molecule has 46 heavy (non-hydrogen) atoms. The summed E-state index contributed by atoms with van der Waals surface area (Å²) in [5, 5.41) is 13.9. The van der Waals surface area contributed by atoms with Crippen LogP contribution in [0.2, 0.25) is 0 Å². The second-order valence-corrected chi connectivity index (χ2v) is 12.4. The molecule has 0 aliphatic carbocycles. The van der Waals surface area contributed by atoms with E-state index in [9.17, 15) is 14.7 Å². The van der Waals surface area contributed by atoms with Gasteiger partial charge in [0.25, 0.3) is 0 Å². The number of aryl methyl sites for hydroxylation is 3. The number of benzene rings is 3. The van der Waals surface area contributed by atoms with E-state index >= 15 is 0 Å². The van der Waals surface area contributed by atoms with Crippen molar-refractivity contribution >= 4 is 17.6 Å². The third kappa shape index (κ3) is 7.16. The molecule has 0 spiro atoms. The zero-order chi connectivity index (χ0) is 33.0. The monoisotopic (exact) mass is 630 g/mol. The van der Waals surface area contributed by atoms with Crippen LogP contribution in [0.3, 0.4) is 0 Å². The summed E-state index contributed by atoms with van der Waals surface area (Å²) < 4.78 is 22.8. The Morgan fingerprint density at radius 2 is 1.70 bits per heavy atom. The predicted octanol–water partition coefficient (Wildman–Crippen LogP) is 6.44. The third-order valence-corrected chi connectivity index (χ3v) is 8.96. The molecule has 9 nitrogen and oxygen atoms in total. The molecule has 9 heteroatoms. The number of hydrogen-bond donors (Lipinski definition) is 2. The van der Waals surface area contributed by atoms with Gasteiger partial charge in [0.15, 0.2) is 11.5 Å². The largest absolute Gasteiger partial charge is 0.491 e. The second-order valence-electron chi connectivity index (χ2n) is 12.4. The summed E-state index contributed by atoms with van der Waals surface area (Å²) in [5.74, 6) is -0.301. The molecular weight excluding hydrogens is 584 g/mol. The van der Waals surface area contributed by atoms with Crippen LogP contribution in [0, 0.1) is 19.8 Å². The van der Waals surface area contributed by atoms with Gasteiger partial charge >= 0.3 is 5.97 Å². The van der Waals surface area contributed by atoms with E-state index < -0.39 is 17.9 Å². The Morgan fingerprint density at radius 3 is 2.33 bits per heavy atom. The molecular formula is C37H46N2O7. The smallest absolute Gasteiger partial charge is 0.309 e. The van der Waals surface area contributed by atoms with Crippen molar-refractivity contribution in [1.82, 2.24) is 4.90 Å². The maximum absolute atomic E-state index is 13.8. The fourth-order valence-electron chi connectivity index (χ4n) is 6.86. The summed E-state index contributed by atoms with van der Waals surface area (Å²) in [7, 11) is 0. The number of likely N-dealkylation sites (tertiary alicyclic amines) is 1. The van der Waals surface area contributed by atoms with Crippen molar-refractivity contribution in [3.8, 4) is 17.2 Å². The number of carboxylic acid groups (broad SMARTS) is 1. The predicted molar refractivity (Wildman–Crippen MR) is 177 cm³/mol. The third-order valence-electron chi connectivity index (χ3n) is 8.96. The SMILES string of the molecule is CCc1cc(C)cc(CC)c1NC(=O)CN1C[C@H](c2ccc3c(c2C)OCO3)C(C(=O)O)[C@@H]1c1ccc(OCCOC(C)C)cc1. The van der Waals surface area contributed by atoms with Crippen molar-refractivity contribution < 1.29 is 33.6 Å². The summed E-state index contributed by atoms with van der Waals surface area (Å²) in [6, 6.07) is 15.0. The summed E-state index contributed by atoms with van der Waals surface area (Å²) >= 11 is 0. The van der Waals surface area contributed by atoms with Gasteiger partial charge < -0.3 is 29.4 Å². The number of amides is 1. The number of hydrogen-bond acceptors (Lipinski definition) is 7. The molecule has 5 rings (SSSR count). The molecule has 0 radical (unpaired) electrons. The molecule has 3 atom stereocenters. The van der Waals surface area contributed by atoms with Crippen molar-refractivity contribution in [1.29, 1.82) is 0 Å². The zero-order valence-corrected chi connectivity index (χ0v) is 27.7. The number of aliphatic carboxylic acids is 1. The molecule has 1 unspecified atom stereocenters. The molecule has 2 N–H and O–H groups in total. The maximum Gasteiger partial charge on any atom is 0.309 e. The number of anilines is 1. The molecule has 0 saturated carbocycles. The lowest BCUT2D eigenvalue weighted by Gasteiger charge is -2.27. The van der Waals surface area contributed by atoms with Gasteiger partial charge in [0.05, 0.1) is 25.2 Å². The van der Waals surface area contributed by atoms with Crippen LogP contribution < -0.4 is 19.5 Å². The molecule has 1 amide bonds. The fourth-order valence-corrected chi connectivity index (χ4v) is 6.86. The van der Waals surface area contributed by atoms with Crippen molar-refractivity contribution in [3.63, 3.8) is 0 Å². The summed E-state index contributed by atoms with van der Waals surface area (Å²) in [5.41, 5.74) is 6.77. The Bertz CT molecular complexity index is 1530. The number of fused-ring (bicyclic) bond motifs is 1. The normalized spacial score (nSPS) is 19.1. The van der Waals surface area contributed by atoms with Crippen LogP contribution in [0.4, 0.5) is 5.69 Å². The molecule has 0 bridgehead atoms. The molecule has 3 aromatic rings. The number of nitrogens with one attached hydrogen (secondary N) is 1. The van der Waals surface area contributed by atoms with E-state index in [0.29, 0.717) is 37.0 Å². The number of carboxylic acids is 1. The van der Waals surface area contributed by atoms with Gasteiger partial charge in [-0.25, -0.2) is 0 Å². The summed E-state index contributed by atoms with van der Waals surface area (Å²) in [6.45, 7) is 13.6. The molecule has 2 aliphatic rings. The van der Waals surface area contributed by atoms with Crippen LogP contribution in [0.5, 0.6) is 17.2 Å². The van der Waals surface area contributed by atoms with E-state index in [-0.39, 0.29) is 31.3 Å². The van der Waals surface area contributed by atoms with Crippen LogP contribution in [0.15, 0.2) is 48.5 Å². The van der Waals surface area contributed by atoms with Crippen LogP contribution in [0.25, 0.3) is 0 Å². The van der Waals surface area contributed by atoms with Gasteiger partial charge in [-0.2, -0.15) is 0 Å². The first kappa shape index (κ1) is 33.3. The van der Waals surface area contributed by atoms with E-state index in [4.69, 9.17) is 18.9 Å². The molecule has 246 valence electrons. The van der Waals surface area contributed by atoms with Crippen LogP contribution >= 0.6 is 0 Å². The van der Waals surface area contributed by atoms with Crippen LogP contribution in [-0.4, -0.2) is 61.1 Å². The molecule has 2 heterocycles.